The number of alkyl halides is 3. The number of hydrogen-bond donors (Lipinski definition) is 2. The lowest BCUT2D eigenvalue weighted by molar-refractivity contribution is -0.172. The number of fused-ring (bicyclic) bond motifs is 2. The zero-order valence-electron chi connectivity index (χ0n) is 18.4. The van der Waals surface area contributed by atoms with Gasteiger partial charge < -0.3 is 10.6 Å². The van der Waals surface area contributed by atoms with Crippen LogP contribution in [0.1, 0.15) is 57.8 Å². The quantitative estimate of drug-likeness (QED) is 0.645. The molecule has 5 saturated carbocycles. The van der Waals surface area contributed by atoms with E-state index in [4.69, 9.17) is 0 Å². The first kappa shape index (κ1) is 21.2. The zero-order chi connectivity index (χ0) is 22.3. The van der Waals surface area contributed by atoms with Crippen LogP contribution in [0, 0.1) is 17.8 Å². The summed E-state index contributed by atoms with van der Waals surface area (Å²) < 4.78 is 39.3. The van der Waals surface area contributed by atoms with Crippen LogP contribution in [-0.4, -0.2) is 77.1 Å². The van der Waals surface area contributed by atoms with Crippen molar-refractivity contribution in [1.29, 1.82) is 0 Å². The van der Waals surface area contributed by atoms with Crippen molar-refractivity contribution in [2.45, 2.75) is 87.1 Å². The molecule has 0 aromatic rings. The maximum atomic E-state index is 13.1. The highest BCUT2D eigenvalue weighted by Crippen LogP contribution is 2.55. The van der Waals surface area contributed by atoms with E-state index in [1.54, 1.807) is 0 Å². The molecule has 3 aliphatic heterocycles. The normalized spacial score (nSPS) is 41.8. The SMILES string of the molecule is O=C(CN1CC2CC(C1)N2CC(=O)NC1(C(F)(F)F)CC1)NC12CC3CC(CC(C3)C1)C2. The van der Waals surface area contributed by atoms with Gasteiger partial charge in [-0.2, -0.15) is 13.2 Å². The van der Waals surface area contributed by atoms with E-state index in [0.29, 0.717) is 19.6 Å². The number of hydrogen-bond acceptors (Lipinski definition) is 4. The Morgan fingerprint density at radius 1 is 0.812 bits per heavy atom. The predicted octanol–water partition coefficient (Wildman–Crippen LogP) is 2.04. The molecule has 2 unspecified atom stereocenters. The molecule has 6 bridgehead atoms. The van der Waals surface area contributed by atoms with Gasteiger partial charge in [0.15, 0.2) is 0 Å². The highest BCUT2D eigenvalue weighted by molar-refractivity contribution is 5.80. The first-order valence-electron chi connectivity index (χ1n) is 12.3. The molecule has 0 spiro atoms. The molecule has 8 fully saturated rings. The van der Waals surface area contributed by atoms with Gasteiger partial charge in [0.2, 0.25) is 11.8 Å². The van der Waals surface area contributed by atoms with Gasteiger partial charge in [0.1, 0.15) is 5.54 Å². The molecule has 32 heavy (non-hydrogen) atoms. The number of nitrogens with zero attached hydrogens (tertiary/aromatic N) is 2. The number of carbonyl (C=O) groups excluding carboxylic acids is 2. The largest absolute Gasteiger partial charge is 0.411 e. The summed E-state index contributed by atoms with van der Waals surface area (Å²) in [6.45, 7) is 1.79. The maximum Gasteiger partial charge on any atom is 0.411 e. The molecule has 178 valence electrons. The molecular weight excluding hydrogens is 421 g/mol. The smallest absolute Gasteiger partial charge is 0.350 e. The Morgan fingerprint density at radius 2 is 1.34 bits per heavy atom. The summed E-state index contributed by atoms with van der Waals surface area (Å²) in [5.74, 6) is 1.93. The summed E-state index contributed by atoms with van der Waals surface area (Å²) in [4.78, 5) is 29.3. The molecule has 8 rings (SSSR count). The van der Waals surface area contributed by atoms with E-state index >= 15 is 0 Å². The average Bonchev–Trinajstić information content (AvgIpc) is 3.45. The number of piperazine rings is 1. The van der Waals surface area contributed by atoms with Gasteiger partial charge in [-0.25, -0.2) is 0 Å². The van der Waals surface area contributed by atoms with Crippen LogP contribution in [0.5, 0.6) is 0 Å². The minimum absolute atomic E-state index is 0.0144. The molecule has 0 aromatic heterocycles. The topological polar surface area (TPSA) is 64.7 Å². The first-order valence-corrected chi connectivity index (χ1v) is 12.3. The van der Waals surface area contributed by atoms with Crippen LogP contribution >= 0.6 is 0 Å². The van der Waals surface area contributed by atoms with Gasteiger partial charge in [0.25, 0.3) is 0 Å². The van der Waals surface area contributed by atoms with Crippen molar-refractivity contribution >= 4 is 11.8 Å². The lowest BCUT2D eigenvalue weighted by Gasteiger charge is -2.57. The van der Waals surface area contributed by atoms with E-state index in [-0.39, 0.29) is 42.9 Å². The second kappa shape index (κ2) is 7.08. The summed E-state index contributed by atoms with van der Waals surface area (Å²) in [5, 5.41) is 5.65. The van der Waals surface area contributed by atoms with E-state index in [9.17, 15) is 22.8 Å². The first-order chi connectivity index (χ1) is 15.1. The Kier molecular flexibility index (Phi) is 4.69. The number of piperidine rings is 1. The molecule has 0 aromatic carbocycles. The molecule has 6 nitrogen and oxygen atoms in total. The standard InChI is InChI=1S/C23H33F3N4O2/c24-23(25,26)22(1-2-22)28-20(32)13-30-17-6-18(30)11-29(10-17)12-19(31)27-21-7-14-3-15(8-21)5-16(4-14)9-21/h14-18H,1-13H2,(H,27,31)(H,28,32). The summed E-state index contributed by atoms with van der Waals surface area (Å²) in [7, 11) is 0. The molecule has 0 radical (unpaired) electrons. The van der Waals surface area contributed by atoms with Crippen LogP contribution in [0.25, 0.3) is 0 Å². The van der Waals surface area contributed by atoms with Crippen molar-refractivity contribution < 1.29 is 22.8 Å². The van der Waals surface area contributed by atoms with E-state index in [2.05, 4.69) is 15.5 Å². The average molecular weight is 455 g/mol. The van der Waals surface area contributed by atoms with Gasteiger partial charge in [0, 0.05) is 30.7 Å². The van der Waals surface area contributed by atoms with Crippen molar-refractivity contribution in [1.82, 2.24) is 20.4 Å². The molecule has 2 amide bonds. The van der Waals surface area contributed by atoms with Crippen molar-refractivity contribution in [3.63, 3.8) is 0 Å². The summed E-state index contributed by atoms with van der Waals surface area (Å²) >= 11 is 0. The maximum absolute atomic E-state index is 13.1. The fourth-order valence-electron chi connectivity index (χ4n) is 8.04. The Morgan fingerprint density at radius 3 is 1.84 bits per heavy atom. The van der Waals surface area contributed by atoms with Crippen LogP contribution in [0.3, 0.4) is 0 Å². The minimum Gasteiger partial charge on any atom is -0.350 e. The zero-order valence-corrected chi connectivity index (χ0v) is 18.4. The number of nitrogens with one attached hydrogen (secondary N) is 2. The second-order valence-corrected chi connectivity index (χ2v) is 11.8. The molecule has 3 heterocycles. The molecule has 8 aliphatic rings. The summed E-state index contributed by atoms with van der Waals surface area (Å²) in [6.07, 6.45) is 3.96. The lowest BCUT2D eigenvalue weighted by atomic mass is 9.53. The van der Waals surface area contributed by atoms with Gasteiger partial charge >= 0.3 is 6.18 Å². The molecule has 5 aliphatic carbocycles. The molecule has 3 saturated heterocycles. The van der Waals surface area contributed by atoms with Gasteiger partial charge in [-0.3, -0.25) is 19.4 Å². The van der Waals surface area contributed by atoms with E-state index in [0.717, 1.165) is 43.4 Å². The highest BCUT2D eigenvalue weighted by atomic mass is 19.4. The van der Waals surface area contributed by atoms with Crippen molar-refractivity contribution in [2.24, 2.45) is 17.8 Å². The number of halogens is 3. The number of amides is 2. The van der Waals surface area contributed by atoms with Crippen molar-refractivity contribution in [3.8, 4) is 0 Å². The molecule has 2 atom stereocenters. The van der Waals surface area contributed by atoms with Gasteiger partial charge in [-0.15, -0.1) is 0 Å². The summed E-state index contributed by atoms with van der Waals surface area (Å²) in [5.41, 5.74) is -1.97. The predicted molar refractivity (Wildman–Crippen MR) is 111 cm³/mol. The number of rotatable bonds is 6. The Hall–Kier alpha value is -1.35. The Labute approximate surface area is 186 Å². The van der Waals surface area contributed by atoms with Crippen LogP contribution in [0.4, 0.5) is 13.2 Å². The van der Waals surface area contributed by atoms with Crippen LogP contribution in [-0.2, 0) is 9.59 Å². The monoisotopic (exact) mass is 454 g/mol. The highest BCUT2D eigenvalue weighted by Gasteiger charge is 2.64. The third-order valence-corrected chi connectivity index (χ3v) is 9.23. The molecule has 9 heteroatoms. The van der Waals surface area contributed by atoms with Crippen molar-refractivity contribution in [2.75, 3.05) is 26.2 Å². The fraction of sp³-hybridized carbons (Fsp3) is 0.913. The Bertz CT molecular complexity index is 764. The minimum atomic E-state index is -4.38. The second-order valence-electron chi connectivity index (χ2n) is 11.8. The van der Waals surface area contributed by atoms with E-state index < -0.39 is 17.6 Å². The van der Waals surface area contributed by atoms with E-state index in [1.807, 2.05) is 4.90 Å². The van der Waals surface area contributed by atoms with Crippen LogP contribution in [0.15, 0.2) is 0 Å². The Balaban J connectivity index is 0.984. The third-order valence-electron chi connectivity index (χ3n) is 9.23. The lowest BCUT2D eigenvalue weighted by Crippen LogP contribution is -2.71. The number of carbonyl (C=O) groups is 2. The van der Waals surface area contributed by atoms with Gasteiger partial charge in [-0.1, -0.05) is 0 Å². The van der Waals surface area contributed by atoms with Crippen LogP contribution in [0.2, 0.25) is 0 Å². The fourth-order valence-corrected chi connectivity index (χ4v) is 8.04. The molecular formula is C23H33F3N4O2. The third kappa shape index (κ3) is 3.63. The summed E-state index contributed by atoms with van der Waals surface area (Å²) in [6, 6.07) is 0.292. The molecule has 2 N–H and O–H groups in total. The van der Waals surface area contributed by atoms with Gasteiger partial charge in [0.05, 0.1) is 13.1 Å². The van der Waals surface area contributed by atoms with Crippen LogP contribution < -0.4 is 10.6 Å². The van der Waals surface area contributed by atoms with Crippen molar-refractivity contribution in [3.05, 3.63) is 0 Å². The van der Waals surface area contributed by atoms with E-state index in [1.165, 1.54) is 19.3 Å². The van der Waals surface area contributed by atoms with Gasteiger partial charge in [-0.05, 0) is 75.5 Å².